The van der Waals surface area contributed by atoms with Gasteiger partial charge in [0.2, 0.25) is 10.0 Å². The molecule has 0 aliphatic heterocycles. The smallest absolute Gasteiger partial charge is 0.207 e. The summed E-state index contributed by atoms with van der Waals surface area (Å²) in [5, 5.41) is 0. The van der Waals surface area contributed by atoms with E-state index in [2.05, 4.69) is 29.1 Å². The molecule has 0 aromatic heterocycles. The molecule has 0 heterocycles. The fraction of sp³-hybridized carbons (Fsp3) is 0.231. The van der Waals surface area contributed by atoms with Gasteiger partial charge in [0.15, 0.2) is 0 Å². The van der Waals surface area contributed by atoms with Crippen molar-refractivity contribution < 1.29 is 8.42 Å². The van der Waals surface area contributed by atoms with Gasteiger partial charge in [-0.15, -0.1) is 13.2 Å². The number of nitrogens with zero attached hydrogens (tertiary/aromatic N) is 1. The van der Waals surface area contributed by atoms with Crippen molar-refractivity contribution in [2.24, 2.45) is 0 Å². The van der Waals surface area contributed by atoms with Crippen molar-refractivity contribution in [2.45, 2.75) is 11.8 Å². The number of hydrogen-bond donors (Lipinski definition) is 0. The fourth-order valence-corrected chi connectivity index (χ4v) is 3.69. The highest BCUT2D eigenvalue weighted by Gasteiger charge is 2.24. The second-order valence-corrected chi connectivity index (χ2v) is 6.63. The van der Waals surface area contributed by atoms with Crippen LogP contribution >= 0.6 is 15.9 Å². The number of halogens is 1. The van der Waals surface area contributed by atoms with Gasteiger partial charge < -0.3 is 0 Å². The second kappa shape index (κ2) is 6.31. The number of benzene rings is 1. The summed E-state index contributed by atoms with van der Waals surface area (Å²) in [6.45, 7) is 9.47. The average Bonchev–Trinajstić information content (AvgIpc) is 2.32. The zero-order valence-electron chi connectivity index (χ0n) is 10.3. The van der Waals surface area contributed by atoms with Gasteiger partial charge in [-0.1, -0.05) is 34.1 Å². The van der Waals surface area contributed by atoms with Crippen LogP contribution in [0, 0.1) is 6.92 Å². The Morgan fingerprint density at radius 3 is 2.33 bits per heavy atom. The average molecular weight is 330 g/mol. The molecule has 0 unspecified atom stereocenters. The number of sulfonamides is 1. The van der Waals surface area contributed by atoms with Crippen LogP contribution in [0.25, 0.3) is 0 Å². The minimum atomic E-state index is -3.52. The number of rotatable bonds is 6. The van der Waals surface area contributed by atoms with E-state index in [0.29, 0.717) is 4.90 Å². The summed E-state index contributed by atoms with van der Waals surface area (Å²) in [6.07, 6.45) is 3.13. The Morgan fingerprint density at radius 2 is 1.83 bits per heavy atom. The first-order valence-electron chi connectivity index (χ1n) is 5.41. The quantitative estimate of drug-likeness (QED) is 0.752. The molecule has 0 N–H and O–H groups in total. The van der Waals surface area contributed by atoms with Crippen molar-refractivity contribution in [3.63, 3.8) is 0 Å². The molecule has 0 saturated heterocycles. The number of aryl methyl sites for hydroxylation is 1. The lowest BCUT2D eigenvalue weighted by Gasteiger charge is -2.20. The second-order valence-electron chi connectivity index (χ2n) is 3.81. The number of hydrogen-bond acceptors (Lipinski definition) is 2. The molecule has 1 aromatic carbocycles. The molecule has 1 aromatic rings. The zero-order chi connectivity index (χ0) is 13.8. The Bertz CT molecular complexity index is 542. The van der Waals surface area contributed by atoms with E-state index in [1.54, 1.807) is 31.2 Å². The summed E-state index contributed by atoms with van der Waals surface area (Å²) in [6, 6.07) is 5.21. The predicted octanol–water partition coefficient (Wildman–Crippen LogP) is 3.12. The van der Waals surface area contributed by atoms with E-state index < -0.39 is 10.0 Å². The van der Waals surface area contributed by atoms with Gasteiger partial charge in [0.1, 0.15) is 0 Å². The van der Waals surface area contributed by atoms with Gasteiger partial charge in [0, 0.05) is 17.6 Å². The standard InChI is InChI=1S/C13H16BrNO2S/c1-4-8-15(9-5-2)18(16,17)13-10-12(14)7-6-11(13)3/h4-7,10H,1-2,8-9H2,3H3. The maximum atomic E-state index is 12.5. The van der Waals surface area contributed by atoms with Crippen LogP contribution in [0.1, 0.15) is 5.56 Å². The van der Waals surface area contributed by atoms with Gasteiger partial charge in [-0.05, 0) is 24.6 Å². The normalized spacial score (nSPS) is 11.5. The minimum Gasteiger partial charge on any atom is -0.207 e. The zero-order valence-corrected chi connectivity index (χ0v) is 12.7. The maximum Gasteiger partial charge on any atom is 0.243 e. The first-order valence-corrected chi connectivity index (χ1v) is 7.65. The summed E-state index contributed by atoms with van der Waals surface area (Å²) >= 11 is 3.29. The fourth-order valence-electron chi connectivity index (χ4n) is 1.55. The van der Waals surface area contributed by atoms with Gasteiger partial charge >= 0.3 is 0 Å². The van der Waals surface area contributed by atoms with Crippen molar-refractivity contribution >= 4 is 26.0 Å². The Hall–Kier alpha value is -0.910. The van der Waals surface area contributed by atoms with Gasteiger partial charge in [0.25, 0.3) is 0 Å². The molecule has 0 radical (unpaired) electrons. The Morgan fingerprint density at radius 1 is 1.28 bits per heavy atom. The van der Waals surface area contributed by atoms with Crippen molar-refractivity contribution in [1.29, 1.82) is 0 Å². The van der Waals surface area contributed by atoms with E-state index in [-0.39, 0.29) is 13.1 Å². The summed E-state index contributed by atoms with van der Waals surface area (Å²) in [5.74, 6) is 0. The van der Waals surface area contributed by atoms with Crippen molar-refractivity contribution in [2.75, 3.05) is 13.1 Å². The molecule has 0 fully saturated rings. The lowest BCUT2D eigenvalue weighted by atomic mass is 10.2. The van der Waals surface area contributed by atoms with Gasteiger partial charge in [-0.2, -0.15) is 4.31 Å². The summed E-state index contributed by atoms with van der Waals surface area (Å²) in [7, 11) is -3.52. The molecule has 3 nitrogen and oxygen atoms in total. The molecule has 0 saturated carbocycles. The van der Waals surface area contributed by atoms with Crippen LogP contribution < -0.4 is 0 Å². The van der Waals surface area contributed by atoms with E-state index in [1.807, 2.05) is 6.07 Å². The topological polar surface area (TPSA) is 37.4 Å². The molecule has 5 heteroatoms. The summed E-state index contributed by atoms with van der Waals surface area (Å²) in [4.78, 5) is 0.306. The van der Waals surface area contributed by atoms with Gasteiger partial charge in [-0.25, -0.2) is 8.42 Å². The van der Waals surface area contributed by atoms with E-state index in [0.717, 1.165) is 10.0 Å². The third-order valence-corrected chi connectivity index (χ3v) is 4.90. The molecule has 0 amide bonds. The van der Waals surface area contributed by atoms with Gasteiger partial charge in [0.05, 0.1) is 4.90 Å². The van der Waals surface area contributed by atoms with Crippen LogP contribution in [0.3, 0.4) is 0 Å². The highest BCUT2D eigenvalue weighted by atomic mass is 79.9. The molecule has 0 spiro atoms. The third-order valence-electron chi connectivity index (χ3n) is 2.43. The Balaban J connectivity index is 3.29. The highest BCUT2D eigenvalue weighted by molar-refractivity contribution is 9.10. The molecule has 1 rings (SSSR count). The SMILES string of the molecule is C=CCN(CC=C)S(=O)(=O)c1cc(Br)ccc1C. The van der Waals surface area contributed by atoms with Crippen molar-refractivity contribution in [3.05, 3.63) is 53.5 Å². The maximum absolute atomic E-state index is 12.5. The van der Waals surface area contributed by atoms with Crippen molar-refractivity contribution in [1.82, 2.24) is 4.31 Å². The third kappa shape index (κ3) is 3.31. The molecular weight excluding hydrogens is 314 g/mol. The van der Waals surface area contributed by atoms with Crippen LogP contribution in [0.2, 0.25) is 0 Å². The van der Waals surface area contributed by atoms with Crippen LogP contribution in [-0.2, 0) is 10.0 Å². The molecule has 0 bridgehead atoms. The van der Waals surface area contributed by atoms with Crippen LogP contribution in [0.5, 0.6) is 0 Å². The lowest BCUT2D eigenvalue weighted by Crippen LogP contribution is -2.31. The largest absolute Gasteiger partial charge is 0.243 e. The Kier molecular flexibility index (Phi) is 5.31. The Labute approximate surface area is 117 Å². The predicted molar refractivity (Wildman–Crippen MR) is 78.0 cm³/mol. The van der Waals surface area contributed by atoms with Gasteiger partial charge in [-0.3, -0.25) is 0 Å². The molecule has 98 valence electrons. The highest BCUT2D eigenvalue weighted by Crippen LogP contribution is 2.23. The molecule has 18 heavy (non-hydrogen) atoms. The summed E-state index contributed by atoms with van der Waals surface area (Å²) < 4.78 is 27.1. The summed E-state index contributed by atoms with van der Waals surface area (Å²) in [5.41, 5.74) is 0.719. The van der Waals surface area contributed by atoms with Crippen LogP contribution in [-0.4, -0.2) is 25.8 Å². The molecule has 0 aliphatic carbocycles. The van der Waals surface area contributed by atoms with E-state index in [9.17, 15) is 8.42 Å². The van der Waals surface area contributed by atoms with E-state index in [4.69, 9.17) is 0 Å². The first kappa shape index (κ1) is 15.1. The van der Waals surface area contributed by atoms with Crippen LogP contribution in [0.4, 0.5) is 0 Å². The van der Waals surface area contributed by atoms with Crippen molar-refractivity contribution in [3.8, 4) is 0 Å². The molecule has 0 atom stereocenters. The monoisotopic (exact) mass is 329 g/mol. The lowest BCUT2D eigenvalue weighted by molar-refractivity contribution is 0.473. The molecular formula is C13H16BrNO2S. The first-order chi connectivity index (χ1) is 8.43. The van der Waals surface area contributed by atoms with E-state index >= 15 is 0 Å². The van der Waals surface area contributed by atoms with E-state index in [1.165, 1.54) is 4.31 Å². The molecule has 0 aliphatic rings. The minimum absolute atomic E-state index is 0.264. The van der Waals surface area contributed by atoms with Crippen LogP contribution in [0.15, 0.2) is 52.9 Å².